The Labute approximate surface area is 119 Å². The smallest absolute Gasteiger partial charge is 0.261 e. The first-order chi connectivity index (χ1) is 9.58. The van der Waals surface area contributed by atoms with Crippen LogP contribution >= 0.6 is 0 Å². The molecule has 0 unspecified atom stereocenters. The fourth-order valence-corrected chi connectivity index (χ4v) is 2.22. The number of rotatable bonds is 9. The highest BCUT2D eigenvalue weighted by molar-refractivity contribution is 6.27. The Morgan fingerprint density at radius 2 is 1.60 bits per heavy atom. The molecule has 3 nitrogen and oxygen atoms in total. The van der Waals surface area contributed by atoms with Crippen LogP contribution in [0.15, 0.2) is 12.1 Å². The van der Waals surface area contributed by atoms with Gasteiger partial charge in [0, 0.05) is 19.3 Å². The van der Waals surface area contributed by atoms with Crippen LogP contribution in [0.2, 0.25) is 6.04 Å². The zero-order valence-corrected chi connectivity index (χ0v) is 12.4. The Bertz CT molecular complexity index is 412. The second kappa shape index (κ2) is 9.12. The lowest BCUT2D eigenvalue weighted by Crippen LogP contribution is -2.23. The van der Waals surface area contributed by atoms with Crippen molar-refractivity contribution in [1.29, 1.82) is 0 Å². The van der Waals surface area contributed by atoms with Gasteiger partial charge in [-0.05, 0) is 37.9 Å². The molecule has 7 heteroatoms. The quantitative estimate of drug-likeness (QED) is 0.304. The number of hydrogen-bond donors (Lipinski definition) is 0. The second-order valence-corrected chi connectivity index (χ2v) is 4.84. The summed E-state index contributed by atoms with van der Waals surface area (Å²) in [7, 11) is 0.0153. The molecule has 0 heterocycles. The lowest BCUT2D eigenvalue weighted by molar-refractivity contribution is -0.243. The summed E-state index contributed by atoms with van der Waals surface area (Å²) < 4.78 is 54.8. The molecule has 0 aromatic heterocycles. The largest absolute Gasteiger partial charge is 0.372 e. The van der Waals surface area contributed by atoms with E-state index in [1.54, 1.807) is 0 Å². The molecule has 0 aliphatic carbocycles. The van der Waals surface area contributed by atoms with Gasteiger partial charge in [-0.1, -0.05) is 0 Å². The minimum atomic E-state index is -1.18. The van der Waals surface area contributed by atoms with E-state index in [-0.39, 0.29) is 21.7 Å². The lowest BCUT2D eigenvalue weighted by atomic mass is 10.1. The van der Waals surface area contributed by atoms with Gasteiger partial charge >= 0.3 is 0 Å². The van der Waals surface area contributed by atoms with E-state index >= 15 is 0 Å². The third-order valence-electron chi connectivity index (χ3n) is 2.37. The molecule has 20 heavy (non-hydrogen) atoms. The Morgan fingerprint density at radius 3 is 2.20 bits per heavy atom. The van der Waals surface area contributed by atoms with Gasteiger partial charge in [-0.15, -0.1) is 0 Å². The van der Waals surface area contributed by atoms with Gasteiger partial charge in [-0.3, -0.25) is 0 Å². The van der Waals surface area contributed by atoms with E-state index in [1.807, 2.05) is 13.8 Å². The molecule has 1 rings (SSSR count). The molecule has 0 fully saturated rings. The highest BCUT2D eigenvalue weighted by Gasteiger charge is 2.12. The van der Waals surface area contributed by atoms with Crippen LogP contribution in [0.25, 0.3) is 0 Å². The van der Waals surface area contributed by atoms with E-state index in [0.717, 1.165) is 6.07 Å². The van der Waals surface area contributed by atoms with Gasteiger partial charge in [0.05, 0.1) is 0 Å². The zero-order valence-electron chi connectivity index (χ0n) is 11.4. The molecule has 0 saturated carbocycles. The first kappa shape index (κ1) is 17.2. The maximum Gasteiger partial charge on any atom is 0.261 e. The van der Waals surface area contributed by atoms with E-state index in [2.05, 4.69) is 0 Å². The van der Waals surface area contributed by atoms with Crippen LogP contribution in [0.3, 0.4) is 0 Å². The first-order valence-electron chi connectivity index (χ1n) is 6.33. The summed E-state index contributed by atoms with van der Waals surface area (Å²) in [4.78, 5) is 0. The predicted octanol–water partition coefficient (Wildman–Crippen LogP) is 3.06. The average Bonchev–Trinajstić information content (AvgIpc) is 2.40. The van der Waals surface area contributed by atoms with Crippen molar-refractivity contribution in [3.63, 3.8) is 0 Å². The highest BCUT2D eigenvalue weighted by Crippen LogP contribution is 2.15. The van der Waals surface area contributed by atoms with Crippen molar-refractivity contribution in [1.82, 2.24) is 0 Å². The molecule has 2 radical (unpaired) electrons. The molecule has 1 aromatic carbocycles. The maximum absolute atomic E-state index is 13.4. The standard InChI is InChI=1S/C13H17F3O3Si/c1-3-17-13(18-4-2)19-20-6-5-9-7-11(15)12(16)8-10(9)14/h7-8,13H,3-6H2,1-2H3. The molecular formula is C13H17F3O3Si. The minimum absolute atomic E-state index is 0.0153. The van der Waals surface area contributed by atoms with E-state index in [4.69, 9.17) is 13.9 Å². The maximum atomic E-state index is 13.4. The molecule has 112 valence electrons. The minimum Gasteiger partial charge on any atom is -0.372 e. The van der Waals surface area contributed by atoms with Gasteiger partial charge in [0.2, 0.25) is 9.76 Å². The first-order valence-corrected chi connectivity index (χ1v) is 7.45. The summed E-state index contributed by atoms with van der Waals surface area (Å²) in [6, 6.07) is 1.90. The van der Waals surface area contributed by atoms with E-state index < -0.39 is 23.9 Å². The Balaban J connectivity index is 2.38. The summed E-state index contributed by atoms with van der Waals surface area (Å²) in [5.41, 5.74) is 0.129. The molecule has 0 spiro atoms. The number of hydrogen-bond acceptors (Lipinski definition) is 3. The van der Waals surface area contributed by atoms with Crippen molar-refractivity contribution in [2.45, 2.75) is 32.8 Å². The summed E-state index contributed by atoms with van der Waals surface area (Å²) in [6.45, 7) is 3.79. The molecule has 0 aliphatic rings. The molecular weight excluding hydrogens is 289 g/mol. The van der Waals surface area contributed by atoms with Crippen LogP contribution in [-0.2, 0) is 20.3 Å². The number of benzene rings is 1. The van der Waals surface area contributed by atoms with Crippen molar-refractivity contribution >= 4 is 9.76 Å². The van der Waals surface area contributed by atoms with Crippen molar-refractivity contribution in [2.75, 3.05) is 13.2 Å². The number of halogens is 3. The molecule has 1 aromatic rings. The molecule has 0 N–H and O–H groups in total. The van der Waals surface area contributed by atoms with Gasteiger partial charge in [0.1, 0.15) is 5.82 Å². The third kappa shape index (κ3) is 5.62. The van der Waals surface area contributed by atoms with Crippen LogP contribution in [0.1, 0.15) is 19.4 Å². The predicted molar refractivity (Wildman–Crippen MR) is 68.7 cm³/mol. The summed E-state index contributed by atoms with van der Waals surface area (Å²) >= 11 is 0. The van der Waals surface area contributed by atoms with Crippen molar-refractivity contribution in [3.05, 3.63) is 35.1 Å². The monoisotopic (exact) mass is 306 g/mol. The lowest BCUT2D eigenvalue weighted by Gasteiger charge is -2.16. The molecule has 0 aliphatic heterocycles. The number of aryl methyl sites for hydroxylation is 1. The van der Waals surface area contributed by atoms with Gasteiger partial charge in [0.15, 0.2) is 11.6 Å². The Kier molecular flexibility index (Phi) is 7.82. The van der Waals surface area contributed by atoms with Gasteiger partial charge in [-0.25, -0.2) is 13.2 Å². The van der Waals surface area contributed by atoms with Crippen LogP contribution in [-0.4, -0.2) is 29.5 Å². The van der Waals surface area contributed by atoms with Crippen molar-refractivity contribution < 1.29 is 27.1 Å². The van der Waals surface area contributed by atoms with Crippen LogP contribution < -0.4 is 0 Å². The van der Waals surface area contributed by atoms with E-state index in [0.29, 0.717) is 25.3 Å². The normalized spacial score (nSPS) is 11.3. The van der Waals surface area contributed by atoms with Crippen molar-refractivity contribution in [2.24, 2.45) is 0 Å². The van der Waals surface area contributed by atoms with Gasteiger partial charge in [0.25, 0.3) is 6.48 Å². The van der Waals surface area contributed by atoms with Crippen LogP contribution in [0.4, 0.5) is 13.2 Å². The third-order valence-corrected chi connectivity index (χ3v) is 3.18. The van der Waals surface area contributed by atoms with Crippen molar-refractivity contribution in [3.8, 4) is 0 Å². The fourth-order valence-electron chi connectivity index (χ4n) is 1.46. The summed E-state index contributed by atoms with van der Waals surface area (Å²) in [5, 5.41) is 0. The molecule has 0 amide bonds. The SMILES string of the molecule is CCOC(OCC)O[Si]CCc1cc(F)c(F)cc1F. The molecule has 0 atom stereocenters. The Hall–Kier alpha value is -0.893. The average molecular weight is 306 g/mol. The zero-order chi connectivity index (χ0) is 15.0. The topological polar surface area (TPSA) is 27.7 Å². The molecule has 0 saturated heterocycles. The van der Waals surface area contributed by atoms with Gasteiger partial charge < -0.3 is 13.9 Å². The highest BCUT2D eigenvalue weighted by atomic mass is 28.2. The van der Waals surface area contributed by atoms with Crippen LogP contribution in [0, 0.1) is 17.5 Å². The second-order valence-electron chi connectivity index (χ2n) is 3.82. The van der Waals surface area contributed by atoms with Crippen LogP contribution in [0.5, 0.6) is 0 Å². The summed E-state index contributed by atoms with van der Waals surface area (Å²) in [6.07, 6.45) is 0.256. The number of ether oxygens (including phenoxy) is 2. The van der Waals surface area contributed by atoms with Gasteiger partial charge in [-0.2, -0.15) is 0 Å². The summed E-state index contributed by atoms with van der Waals surface area (Å²) in [5.74, 6) is -2.98. The Morgan fingerprint density at radius 1 is 1.00 bits per heavy atom. The molecule has 0 bridgehead atoms. The fraction of sp³-hybridized carbons (Fsp3) is 0.538. The van der Waals surface area contributed by atoms with E-state index in [9.17, 15) is 13.2 Å². The van der Waals surface area contributed by atoms with E-state index in [1.165, 1.54) is 0 Å².